The first-order valence-electron chi connectivity index (χ1n) is 7.51. The summed E-state index contributed by atoms with van der Waals surface area (Å²) >= 11 is 0. The van der Waals surface area contributed by atoms with Crippen LogP contribution in [0.3, 0.4) is 0 Å². The summed E-state index contributed by atoms with van der Waals surface area (Å²) in [6.45, 7) is 0. The molecular weight excluding hydrogens is 282 g/mol. The van der Waals surface area contributed by atoms with Gasteiger partial charge < -0.3 is 11.5 Å². The fraction of sp³-hybridized carbons (Fsp3) is 0.0500. The van der Waals surface area contributed by atoms with Crippen LogP contribution in [0.25, 0.3) is 0 Å². The SMILES string of the molecule is N=C(c1ccccc1)c1c(N)cccc1C(N)c1ccccc1. The Hall–Kier alpha value is -2.91. The molecule has 0 aliphatic heterocycles. The zero-order valence-electron chi connectivity index (χ0n) is 12.7. The fourth-order valence-electron chi connectivity index (χ4n) is 2.73. The first-order chi connectivity index (χ1) is 11.2. The number of hydrogen-bond donors (Lipinski definition) is 3. The van der Waals surface area contributed by atoms with Crippen LogP contribution in [0.1, 0.15) is 28.3 Å². The third-order valence-corrected chi connectivity index (χ3v) is 3.94. The van der Waals surface area contributed by atoms with E-state index in [1.54, 1.807) is 0 Å². The highest BCUT2D eigenvalue weighted by molar-refractivity contribution is 6.14. The van der Waals surface area contributed by atoms with Crippen molar-refractivity contribution in [3.63, 3.8) is 0 Å². The van der Waals surface area contributed by atoms with Gasteiger partial charge in [-0.15, -0.1) is 0 Å². The summed E-state index contributed by atoms with van der Waals surface area (Å²) in [4.78, 5) is 0. The van der Waals surface area contributed by atoms with Crippen molar-refractivity contribution in [3.8, 4) is 0 Å². The molecule has 0 saturated carbocycles. The predicted molar refractivity (Wildman–Crippen MR) is 95.7 cm³/mol. The van der Waals surface area contributed by atoms with E-state index in [9.17, 15) is 0 Å². The van der Waals surface area contributed by atoms with Gasteiger partial charge in [0.25, 0.3) is 0 Å². The van der Waals surface area contributed by atoms with Crippen LogP contribution in [0, 0.1) is 5.41 Å². The van der Waals surface area contributed by atoms with Crippen molar-refractivity contribution in [2.45, 2.75) is 6.04 Å². The average molecular weight is 301 g/mol. The van der Waals surface area contributed by atoms with Crippen molar-refractivity contribution in [2.75, 3.05) is 5.73 Å². The number of rotatable bonds is 4. The fourth-order valence-corrected chi connectivity index (χ4v) is 2.73. The summed E-state index contributed by atoms with van der Waals surface area (Å²) in [7, 11) is 0. The predicted octanol–water partition coefficient (Wildman–Crippen LogP) is 3.73. The second-order valence-electron chi connectivity index (χ2n) is 5.44. The van der Waals surface area contributed by atoms with Gasteiger partial charge in [-0.25, -0.2) is 0 Å². The standard InChI is InChI=1S/C20H19N3/c21-17-13-7-12-16(19(22)14-8-3-1-4-9-14)18(17)20(23)15-10-5-2-6-11-15/h1-13,19,23H,21-22H2. The third-order valence-electron chi connectivity index (χ3n) is 3.94. The van der Waals surface area contributed by atoms with E-state index in [-0.39, 0.29) is 6.04 Å². The van der Waals surface area contributed by atoms with Crippen LogP contribution in [0.5, 0.6) is 0 Å². The monoisotopic (exact) mass is 301 g/mol. The molecule has 3 aromatic carbocycles. The molecule has 0 bridgehead atoms. The Labute approximate surface area is 136 Å². The van der Waals surface area contributed by atoms with Gasteiger partial charge in [0, 0.05) is 16.8 Å². The molecule has 0 amide bonds. The molecule has 5 N–H and O–H groups in total. The van der Waals surface area contributed by atoms with Gasteiger partial charge in [-0.3, -0.25) is 5.41 Å². The highest BCUT2D eigenvalue weighted by Gasteiger charge is 2.18. The van der Waals surface area contributed by atoms with Crippen LogP contribution in [0.15, 0.2) is 78.9 Å². The van der Waals surface area contributed by atoms with Crippen molar-refractivity contribution in [2.24, 2.45) is 5.73 Å². The second kappa shape index (κ2) is 6.46. The van der Waals surface area contributed by atoms with E-state index in [1.165, 1.54) is 0 Å². The summed E-state index contributed by atoms with van der Waals surface area (Å²) in [5.41, 5.74) is 17.0. The minimum atomic E-state index is -0.321. The van der Waals surface area contributed by atoms with E-state index in [4.69, 9.17) is 16.9 Å². The summed E-state index contributed by atoms with van der Waals surface area (Å²) in [6.07, 6.45) is 0. The lowest BCUT2D eigenvalue weighted by molar-refractivity contribution is 0.869. The molecule has 1 atom stereocenters. The van der Waals surface area contributed by atoms with E-state index < -0.39 is 0 Å². The first-order valence-corrected chi connectivity index (χ1v) is 7.51. The molecule has 0 spiro atoms. The average Bonchev–Trinajstić information content (AvgIpc) is 2.62. The quantitative estimate of drug-likeness (QED) is 0.507. The lowest BCUT2D eigenvalue weighted by Crippen LogP contribution is -2.18. The highest BCUT2D eigenvalue weighted by atomic mass is 14.7. The third kappa shape index (κ3) is 3.00. The Morgan fingerprint density at radius 2 is 1.39 bits per heavy atom. The van der Waals surface area contributed by atoms with Crippen molar-refractivity contribution >= 4 is 11.4 Å². The zero-order valence-corrected chi connectivity index (χ0v) is 12.7. The summed E-state index contributed by atoms with van der Waals surface area (Å²) in [5.74, 6) is 0. The van der Waals surface area contributed by atoms with Crippen LogP contribution >= 0.6 is 0 Å². The smallest absolute Gasteiger partial charge is 0.0708 e. The van der Waals surface area contributed by atoms with Crippen LogP contribution in [0.4, 0.5) is 5.69 Å². The number of nitrogens with two attached hydrogens (primary N) is 2. The molecule has 3 rings (SSSR count). The zero-order chi connectivity index (χ0) is 16.2. The van der Waals surface area contributed by atoms with Crippen molar-refractivity contribution < 1.29 is 0 Å². The van der Waals surface area contributed by atoms with Crippen LogP contribution < -0.4 is 11.5 Å². The molecule has 0 fully saturated rings. The maximum atomic E-state index is 8.57. The van der Waals surface area contributed by atoms with Crippen LogP contribution in [-0.2, 0) is 0 Å². The first kappa shape index (κ1) is 15.0. The number of benzene rings is 3. The Morgan fingerprint density at radius 3 is 2.04 bits per heavy atom. The molecule has 0 heterocycles. The largest absolute Gasteiger partial charge is 0.398 e. The molecule has 0 saturated heterocycles. The van der Waals surface area contributed by atoms with Gasteiger partial charge in [0.05, 0.1) is 11.8 Å². The summed E-state index contributed by atoms with van der Waals surface area (Å²) in [5, 5.41) is 8.57. The van der Waals surface area contributed by atoms with Gasteiger partial charge >= 0.3 is 0 Å². The maximum absolute atomic E-state index is 8.57. The summed E-state index contributed by atoms with van der Waals surface area (Å²) in [6, 6.07) is 24.8. The molecule has 3 aromatic rings. The molecule has 0 aliphatic rings. The number of anilines is 1. The van der Waals surface area contributed by atoms with Crippen molar-refractivity contribution in [1.82, 2.24) is 0 Å². The van der Waals surface area contributed by atoms with Gasteiger partial charge in [0.15, 0.2) is 0 Å². The van der Waals surface area contributed by atoms with Crippen LogP contribution in [0.2, 0.25) is 0 Å². The topological polar surface area (TPSA) is 75.9 Å². The normalized spacial score (nSPS) is 11.9. The van der Waals surface area contributed by atoms with Crippen molar-refractivity contribution in [1.29, 1.82) is 5.41 Å². The van der Waals surface area contributed by atoms with Gasteiger partial charge in [0.2, 0.25) is 0 Å². The second-order valence-corrected chi connectivity index (χ2v) is 5.44. The molecule has 1 unspecified atom stereocenters. The molecule has 114 valence electrons. The van der Waals surface area contributed by atoms with E-state index in [0.717, 1.165) is 16.7 Å². The van der Waals surface area contributed by atoms with Gasteiger partial charge in [0.1, 0.15) is 0 Å². The molecule has 0 radical (unpaired) electrons. The molecule has 3 heteroatoms. The Kier molecular flexibility index (Phi) is 4.22. The lowest BCUT2D eigenvalue weighted by Gasteiger charge is -2.19. The molecule has 0 aliphatic carbocycles. The minimum absolute atomic E-state index is 0.321. The molecule has 23 heavy (non-hydrogen) atoms. The lowest BCUT2D eigenvalue weighted by atomic mass is 9.89. The Morgan fingerprint density at radius 1 is 0.783 bits per heavy atom. The van der Waals surface area contributed by atoms with E-state index >= 15 is 0 Å². The van der Waals surface area contributed by atoms with Gasteiger partial charge in [-0.1, -0.05) is 72.8 Å². The summed E-state index contributed by atoms with van der Waals surface area (Å²) < 4.78 is 0. The van der Waals surface area contributed by atoms with Crippen molar-refractivity contribution in [3.05, 3.63) is 101 Å². The van der Waals surface area contributed by atoms with Gasteiger partial charge in [-0.2, -0.15) is 0 Å². The Bertz CT molecular complexity index is 811. The van der Waals surface area contributed by atoms with Crippen LogP contribution in [-0.4, -0.2) is 5.71 Å². The molecule has 3 nitrogen and oxygen atoms in total. The Balaban J connectivity index is 2.09. The van der Waals surface area contributed by atoms with E-state index in [0.29, 0.717) is 17.0 Å². The number of nitrogens with one attached hydrogen (secondary N) is 1. The van der Waals surface area contributed by atoms with Gasteiger partial charge in [-0.05, 0) is 17.2 Å². The minimum Gasteiger partial charge on any atom is -0.398 e. The van der Waals surface area contributed by atoms with E-state index in [2.05, 4.69) is 0 Å². The highest BCUT2D eigenvalue weighted by Crippen LogP contribution is 2.28. The molecular formula is C20H19N3. The maximum Gasteiger partial charge on any atom is 0.0708 e. The number of hydrogen-bond acceptors (Lipinski definition) is 3. The molecule has 0 aromatic heterocycles. The van der Waals surface area contributed by atoms with E-state index in [1.807, 2.05) is 78.9 Å². The number of nitrogen functional groups attached to an aromatic ring is 1.